The van der Waals surface area contributed by atoms with Crippen LogP contribution < -0.4 is 5.73 Å². The van der Waals surface area contributed by atoms with Gasteiger partial charge in [-0.1, -0.05) is 43.2 Å². The van der Waals surface area contributed by atoms with Crippen molar-refractivity contribution in [3.05, 3.63) is 35.9 Å². The molecule has 2 nitrogen and oxygen atoms in total. The first kappa shape index (κ1) is 13.5. The highest BCUT2D eigenvalue weighted by molar-refractivity contribution is 5.85. The highest BCUT2D eigenvalue weighted by atomic mass is 35.5. The van der Waals surface area contributed by atoms with Crippen LogP contribution in [0.3, 0.4) is 0 Å². The summed E-state index contributed by atoms with van der Waals surface area (Å²) in [7, 11) is 0. The maximum atomic E-state index is 6.02. The van der Waals surface area contributed by atoms with Gasteiger partial charge in [-0.25, -0.2) is 0 Å². The Labute approximate surface area is 104 Å². The molecule has 1 unspecified atom stereocenters. The molecule has 1 saturated carbocycles. The highest BCUT2D eigenvalue weighted by Crippen LogP contribution is 2.20. The summed E-state index contributed by atoms with van der Waals surface area (Å²) in [5.41, 5.74) is 7.25. The van der Waals surface area contributed by atoms with Gasteiger partial charge in [0.1, 0.15) is 0 Å². The van der Waals surface area contributed by atoms with Gasteiger partial charge in [0.25, 0.3) is 0 Å². The summed E-state index contributed by atoms with van der Waals surface area (Å²) in [5.74, 6) is 0. The van der Waals surface area contributed by atoms with Crippen LogP contribution in [0, 0.1) is 0 Å². The molecule has 1 aliphatic carbocycles. The van der Waals surface area contributed by atoms with Gasteiger partial charge < -0.3 is 10.5 Å². The van der Waals surface area contributed by atoms with E-state index in [-0.39, 0.29) is 24.6 Å². The number of hydrogen-bond donors (Lipinski definition) is 1. The summed E-state index contributed by atoms with van der Waals surface area (Å²) >= 11 is 0. The molecule has 1 aromatic rings. The molecule has 0 saturated heterocycles. The lowest BCUT2D eigenvalue weighted by Gasteiger charge is -2.28. The summed E-state index contributed by atoms with van der Waals surface area (Å²) in [5, 5.41) is 0. The quantitative estimate of drug-likeness (QED) is 0.883. The van der Waals surface area contributed by atoms with Crippen molar-refractivity contribution in [1.29, 1.82) is 0 Å². The molecule has 3 heteroatoms. The lowest BCUT2D eigenvalue weighted by Crippen LogP contribution is -2.39. The topological polar surface area (TPSA) is 35.2 Å². The molecule has 0 amide bonds. The minimum Gasteiger partial charge on any atom is -0.372 e. The Morgan fingerprint density at radius 2 is 1.81 bits per heavy atom. The van der Waals surface area contributed by atoms with Gasteiger partial charge >= 0.3 is 0 Å². The largest absolute Gasteiger partial charge is 0.372 e. The summed E-state index contributed by atoms with van der Waals surface area (Å²) in [6, 6.07) is 10.5. The van der Waals surface area contributed by atoms with E-state index >= 15 is 0 Å². The minimum absolute atomic E-state index is 0. The first-order valence-corrected chi connectivity index (χ1v) is 5.77. The summed E-state index contributed by atoms with van der Waals surface area (Å²) < 4.78 is 5.86. The molecule has 0 radical (unpaired) electrons. The predicted octanol–water partition coefficient (Wildman–Crippen LogP) is 2.89. The average molecular weight is 242 g/mol. The van der Waals surface area contributed by atoms with E-state index in [4.69, 9.17) is 10.5 Å². The van der Waals surface area contributed by atoms with Crippen LogP contribution in [0.4, 0.5) is 0 Å². The summed E-state index contributed by atoms with van der Waals surface area (Å²) in [6.07, 6.45) is 5.01. The normalized spacial score (nSPS) is 24.8. The molecule has 2 rings (SSSR count). The van der Waals surface area contributed by atoms with Gasteiger partial charge in [-0.15, -0.1) is 12.4 Å². The SMILES string of the molecule is Cl.N[C@@H]1CCCCC1OCc1ccccc1. The van der Waals surface area contributed by atoms with Crippen molar-refractivity contribution in [3.63, 3.8) is 0 Å². The second-order valence-corrected chi connectivity index (χ2v) is 4.28. The molecule has 90 valence electrons. The van der Waals surface area contributed by atoms with Crippen LogP contribution in [-0.4, -0.2) is 12.1 Å². The van der Waals surface area contributed by atoms with Crippen molar-refractivity contribution < 1.29 is 4.74 Å². The third-order valence-corrected chi connectivity index (χ3v) is 3.06. The second-order valence-electron chi connectivity index (χ2n) is 4.28. The summed E-state index contributed by atoms with van der Waals surface area (Å²) in [4.78, 5) is 0. The fraction of sp³-hybridized carbons (Fsp3) is 0.538. The van der Waals surface area contributed by atoms with Crippen LogP contribution in [0.15, 0.2) is 30.3 Å². The average Bonchev–Trinajstić information content (AvgIpc) is 2.29. The van der Waals surface area contributed by atoms with E-state index in [2.05, 4.69) is 12.1 Å². The number of hydrogen-bond acceptors (Lipinski definition) is 2. The van der Waals surface area contributed by atoms with E-state index in [1.165, 1.54) is 18.4 Å². The summed E-state index contributed by atoms with van der Waals surface area (Å²) in [6.45, 7) is 0.694. The molecule has 0 aromatic heterocycles. The Morgan fingerprint density at radius 3 is 2.50 bits per heavy atom. The van der Waals surface area contributed by atoms with Crippen LogP contribution in [0.2, 0.25) is 0 Å². The monoisotopic (exact) mass is 241 g/mol. The smallest absolute Gasteiger partial charge is 0.0730 e. The fourth-order valence-corrected chi connectivity index (χ4v) is 2.11. The molecule has 2 atom stereocenters. The molecule has 1 aliphatic rings. The van der Waals surface area contributed by atoms with E-state index in [1.807, 2.05) is 18.2 Å². The molecule has 1 aromatic carbocycles. The number of rotatable bonds is 3. The van der Waals surface area contributed by atoms with Gasteiger partial charge in [0.05, 0.1) is 12.7 Å². The first-order chi connectivity index (χ1) is 7.36. The Bertz CT molecular complexity index is 291. The zero-order valence-electron chi connectivity index (χ0n) is 9.47. The molecule has 0 aliphatic heterocycles. The third-order valence-electron chi connectivity index (χ3n) is 3.06. The van der Waals surface area contributed by atoms with E-state index in [0.29, 0.717) is 6.61 Å². The number of nitrogens with two attached hydrogens (primary N) is 1. The van der Waals surface area contributed by atoms with E-state index < -0.39 is 0 Å². The molecular weight excluding hydrogens is 222 g/mol. The maximum absolute atomic E-state index is 6.02. The van der Waals surface area contributed by atoms with Crippen LogP contribution in [0.5, 0.6) is 0 Å². The zero-order valence-corrected chi connectivity index (χ0v) is 10.3. The number of ether oxygens (including phenoxy) is 1. The predicted molar refractivity (Wildman–Crippen MR) is 68.7 cm³/mol. The van der Waals surface area contributed by atoms with Gasteiger partial charge in [-0.3, -0.25) is 0 Å². The second kappa shape index (κ2) is 6.89. The highest BCUT2D eigenvalue weighted by Gasteiger charge is 2.21. The third kappa shape index (κ3) is 3.78. The van der Waals surface area contributed by atoms with Crippen molar-refractivity contribution in [2.24, 2.45) is 5.73 Å². The standard InChI is InChI=1S/C13H19NO.ClH/c14-12-8-4-5-9-13(12)15-10-11-6-2-1-3-7-11;/h1-3,6-7,12-13H,4-5,8-10,14H2;1H/t12-,13?;/m1./s1. The van der Waals surface area contributed by atoms with E-state index in [1.54, 1.807) is 0 Å². The number of halogens is 1. The Hall–Kier alpha value is -0.570. The van der Waals surface area contributed by atoms with Crippen LogP contribution >= 0.6 is 12.4 Å². The van der Waals surface area contributed by atoms with Gasteiger partial charge in [0.2, 0.25) is 0 Å². The zero-order chi connectivity index (χ0) is 10.5. The van der Waals surface area contributed by atoms with Gasteiger partial charge in [-0.05, 0) is 18.4 Å². The van der Waals surface area contributed by atoms with Crippen LogP contribution in [0.1, 0.15) is 31.2 Å². The lowest BCUT2D eigenvalue weighted by molar-refractivity contribution is 0.00404. The molecule has 2 N–H and O–H groups in total. The molecular formula is C13H20ClNO. The van der Waals surface area contributed by atoms with Gasteiger partial charge in [0.15, 0.2) is 0 Å². The van der Waals surface area contributed by atoms with Gasteiger partial charge in [0, 0.05) is 6.04 Å². The Balaban J connectivity index is 0.00000128. The van der Waals surface area contributed by atoms with Crippen molar-refractivity contribution in [1.82, 2.24) is 0 Å². The molecule has 16 heavy (non-hydrogen) atoms. The molecule has 0 bridgehead atoms. The molecule has 0 spiro atoms. The van der Waals surface area contributed by atoms with Crippen molar-refractivity contribution in [2.75, 3.05) is 0 Å². The van der Waals surface area contributed by atoms with Crippen molar-refractivity contribution >= 4 is 12.4 Å². The van der Waals surface area contributed by atoms with E-state index in [0.717, 1.165) is 12.8 Å². The lowest BCUT2D eigenvalue weighted by atomic mass is 9.93. The van der Waals surface area contributed by atoms with Crippen molar-refractivity contribution in [3.8, 4) is 0 Å². The van der Waals surface area contributed by atoms with Gasteiger partial charge in [-0.2, -0.15) is 0 Å². The van der Waals surface area contributed by atoms with Crippen molar-refractivity contribution in [2.45, 2.75) is 44.4 Å². The van der Waals surface area contributed by atoms with Crippen LogP contribution in [0.25, 0.3) is 0 Å². The minimum atomic E-state index is 0. The van der Waals surface area contributed by atoms with E-state index in [9.17, 15) is 0 Å². The Morgan fingerprint density at radius 1 is 1.12 bits per heavy atom. The fourth-order valence-electron chi connectivity index (χ4n) is 2.11. The maximum Gasteiger partial charge on any atom is 0.0730 e. The number of benzene rings is 1. The van der Waals surface area contributed by atoms with Crippen LogP contribution in [-0.2, 0) is 11.3 Å². The Kier molecular flexibility index (Phi) is 5.81. The first-order valence-electron chi connectivity index (χ1n) is 5.77. The molecule has 1 fully saturated rings. The molecule has 0 heterocycles.